The van der Waals surface area contributed by atoms with E-state index in [9.17, 15) is 19.4 Å². The molecule has 0 aliphatic rings. The van der Waals surface area contributed by atoms with Crippen LogP contribution in [0, 0.1) is 0 Å². The molecule has 0 saturated heterocycles. The number of quaternary nitrogens is 1. The molecule has 0 aliphatic carbocycles. The Balaban J connectivity index is 4.10. The van der Waals surface area contributed by atoms with Gasteiger partial charge >= 0.3 is 7.82 Å². The molecule has 494 valence electrons. The van der Waals surface area contributed by atoms with E-state index < -0.39 is 20.0 Å². The number of carbonyl (C=O) groups excluding carboxylic acids is 1. The minimum Gasteiger partial charge on any atom is -0.387 e. The van der Waals surface area contributed by atoms with Crippen molar-refractivity contribution in [3.8, 4) is 0 Å². The maximum absolute atomic E-state index is 13.1. The zero-order chi connectivity index (χ0) is 61.9. The maximum Gasteiger partial charge on any atom is 0.472 e. The van der Waals surface area contributed by atoms with Crippen LogP contribution in [0.2, 0.25) is 0 Å². The molecule has 9 heteroatoms. The van der Waals surface area contributed by atoms with E-state index in [1.807, 2.05) is 27.2 Å². The van der Waals surface area contributed by atoms with Crippen LogP contribution in [0.5, 0.6) is 0 Å². The van der Waals surface area contributed by atoms with Crippen LogP contribution in [0.15, 0.2) is 97.2 Å². The Bertz CT molecular complexity index is 1710. The van der Waals surface area contributed by atoms with Gasteiger partial charge in [0, 0.05) is 6.42 Å². The number of rotatable bonds is 66. The topological polar surface area (TPSA) is 105 Å². The second-order valence-electron chi connectivity index (χ2n) is 25.6. The third-order valence-corrected chi connectivity index (χ3v) is 17.0. The van der Waals surface area contributed by atoms with Gasteiger partial charge in [-0.3, -0.25) is 13.8 Å². The first kappa shape index (κ1) is 82.4. The molecule has 0 aromatic rings. The van der Waals surface area contributed by atoms with Crippen LogP contribution < -0.4 is 5.32 Å². The fourth-order valence-electron chi connectivity index (χ4n) is 10.5. The standard InChI is InChI=1S/C76H139N2O6P/c1-6-8-10-12-14-16-18-20-22-24-26-28-30-32-34-36-38-40-41-43-45-47-49-51-53-55-57-59-61-63-65-67-69-75(79)74(73-84-85(81,82)83-72-71-78(3,4)5)77-76(80)70-68-66-64-62-60-58-56-54-52-50-48-46-44-42-39-37-35-33-31-29-27-25-23-21-19-17-15-13-11-9-7-2/h9,11,15,17,21,23,27,29,33,35,39,42,46,48,67,69,74-75,79H,6-8,10,12-14,16,18-20,22,24-26,28,30-32,34,36-38,40-41,43-45,47,49-66,68,70-73H2,1-5H3,(H-,77,80,81,82)/p+1/b11-9-,17-15-,23-21-,29-27-,35-33-,42-39-,48-46-,69-67+. The van der Waals surface area contributed by atoms with Gasteiger partial charge in [-0.1, -0.05) is 342 Å². The molecule has 0 fully saturated rings. The largest absolute Gasteiger partial charge is 0.472 e. The summed E-state index contributed by atoms with van der Waals surface area (Å²) in [5.41, 5.74) is 0. The molecule has 1 amide bonds. The van der Waals surface area contributed by atoms with Gasteiger partial charge in [-0.05, 0) is 77.0 Å². The summed E-state index contributed by atoms with van der Waals surface area (Å²) in [6.45, 7) is 4.73. The number of allylic oxidation sites excluding steroid dienone is 15. The molecule has 0 spiro atoms. The van der Waals surface area contributed by atoms with Crippen LogP contribution in [0.1, 0.15) is 328 Å². The van der Waals surface area contributed by atoms with Gasteiger partial charge in [-0.15, -0.1) is 0 Å². The number of phosphoric ester groups is 1. The smallest absolute Gasteiger partial charge is 0.387 e. The van der Waals surface area contributed by atoms with Crippen molar-refractivity contribution in [3.05, 3.63) is 97.2 Å². The molecule has 0 heterocycles. The number of aliphatic hydroxyl groups is 1. The predicted molar refractivity (Wildman–Crippen MR) is 373 cm³/mol. The lowest BCUT2D eigenvalue weighted by Gasteiger charge is -2.25. The fourth-order valence-corrected chi connectivity index (χ4v) is 11.2. The molecule has 0 aliphatic heterocycles. The number of hydrogen-bond acceptors (Lipinski definition) is 5. The third kappa shape index (κ3) is 68.8. The number of nitrogens with zero attached hydrogens (tertiary/aromatic N) is 1. The number of nitrogens with one attached hydrogen (secondary N) is 1. The van der Waals surface area contributed by atoms with Gasteiger partial charge in [0.15, 0.2) is 0 Å². The van der Waals surface area contributed by atoms with E-state index in [0.29, 0.717) is 17.4 Å². The molecular weight excluding hydrogens is 1070 g/mol. The second-order valence-corrected chi connectivity index (χ2v) is 27.0. The van der Waals surface area contributed by atoms with E-state index >= 15 is 0 Å². The Morgan fingerprint density at radius 1 is 0.412 bits per heavy atom. The maximum atomic E-state index is 13.1. The summed E-state index contributed by atoms with van der Waals surface area (Å²) in [6, 6.07) is -0.859. The van der Waals surface area contributed by atoms with E-state index in [0.717, 1.165) is 89.9 Å². The van der Waals surface area contributed by atoms with Crippen molar-refractivity contribution >= 4 is 13.7 Å². The van der Waals surface area contributed by atoms with Crippen molar-refractivity contribution < 1.29 is 32.9 Å². The third-order valence-electron chi connectivity index (χ3n) is 16.1. The van der Waals surface area contributed by atoms with Gasteiger partial charge in [-0.2, -0.15) is 0 Å². The summed E-state index contributed by atoms with van der Waals surface area (Å²) >= 11 is 0. The first-order valence-electron chi connectivity index (χ1n) is 36.1. The van der Waals surface area contributed by atoms with Gasteiger partial charge < -0.3 is 19.8 Å². The van der Waals surface area contributed by atoms with Crippen molar-refractivity contribution in [1.29, 1.82) is 0 Å². The monoisotopic (exact) mass is 1210 g/mol. The zero-order valence-corrected chi connectivity index (χ0v) is 57.5. The van der Waals surface area contributed by atoms with E-state index in [1.54, 1.807) is 6.08 Å². The molecule has 0 aromatic carbocycles. The molecule has 0 rings (SSSR count). The number of likely N-dealkylation sites (N-methyl/N-ethyl adjacent to an activating group) is 1. The highest BCUT2D eigenvalue weighted by Gasteiger charge is 2.28. The number of unbranched alkanes of at least 4 members (excludes halogenated alkanes) is 39. The SMILES string of the molecule is CC/C=C\C/C=C\C/C=C\C/C=C\C/C=C\C/C=C\C/C=C\CCCCCCCCCCCC(=O)NC(COP(=O)(O)OCC[N+](C)(C)C)C(O)/C=C/CCCCCCCCCCCCCCCCCCCCCCCCCCCCCCCC. The summed E-state index contributed by atoms with van der Waals surface area (Å²) in [6.07, 6.45) is 95.6. The number of aliphatic hydroxyl groups excluding tert-OH is 1. The summed E-state index contributed by atoms with van der Waals surface area (Å²) in [5.74, 6) is -0.183. The molecule has 0 radical (unpaired) electrons. The Hall–Kier alpha value is -2.58. The van der Waals surface area contributed by atoms with Crippen molar-refractivity contribution in [2.45, 2.75) is 341 Å². The Kier molecular flexibility index (Phi) is 63.9. The van der Waals surface area contributed by atoms with E-state index in [-0.39, 0.29) is 19.1 Å². The van der Waals surface area contributed by atoms with Crippen LogP contribution in [-0.4, -0.2) is 73.4 Å². The first-order chi connectivity index (χ1) is 41.5. The normalized spacial score (nSPS) is 14.2. The molecule has 0 aromatic heterocycles. The Morgan fingerprint density at radius 3 is 1.04 bits per heavy atom. The molecule has 3 atom stereocenters. The van der Waals surface area contributed by atoms with Gasteiger partial charge in [0.05, 0.1) is 39.9 Å². The lowest BCUT2D eigenvalue weighted by Crippen LogP contribution is -2.45. The number of amides is 1. The van der Waals surface area contributed by atoms with E-state index in [4.69, 9.17) is 9.05 Å². The Labute approximate surface area is 528 Å². The average molecular weight is 1210 g/mol. The highest BCUT2D eigenvalue weighted by atomic mass is 31.2. The van der Waals surface area contributed by atoms with Gasteiger partial charge in [0.2, 0.25) is 5.91 Å². The van der Waals surface area contributed by atoms with Gasteiger partial charge in [0.1, 0.15) is 13.2 Å². The molecule has 0 saturated carbocycles. The number of hydrogen-bond donors (Lipinski definition) is 3. The molecular formula is C76H140N2O6P+. The predicted octanol–water partition coefficient (Wildman–Crippen LogP) is 23.3. The lowest BCUT2D eigenvalue weighted by atomic mass is 10.0. The fraction of sp³-hybridized carbons (Fsp3) is 0.776. The molecule has 0 bridgehead atoms. The quantitative estimate of drug-likeness (QED) is 0.0243. The lowest BCUT2D eigenvalue weighted by molar-refractivity contribution is -0.870. The first-order valence-corrected chi connectivity index (χ1v) is 37.6. The zero-order valence-electron chi connectivity index (χ0n) is 56.6. The van der Waals surface area contributed by atoms with Crippen molar-refractivity contribution in [3.63, 3.8) is 0 Å². The highest BCUT2D eigenvalue weighted by Crippen LogP contribution is 2.43. The summed E-state index contributed by atoms with van der Waals surface area (Å²) in [5, 5.41) is 14.0. The van der Waals surface area contributed by atoms with Gasteiger partial charge in [0.25, 0.3) is 0 Å². The average Bonchev–Trinajstić information content (AvgIpc) is 3.49. The van der Waals surface area contributed by atoms with E-state index in [2.05, 4.69) is 104 Å². The van der Waals surface area contributed by atoms with Crippen molar-refractivity contribution in [2.24, 2.45) is 0 Å². The van der Waals surface area contributed by atoms with Crippen LogP contribution in [-0.2, 0) is 18.4 Å². The van der Waals surface area contributed by atoms with E-state index in [1.165, 1.54) is 218 Å². The molecule has 3 unspecified atom stereocenters. The van der Waals surface area contributed by atoms with Crippen LogP contribution >= 0.6 is 7.82 Å². The molecule has 3 N–H and O–H groups in total. The highest BCUT2D eigenvalue weighted by molar-refractivity contribution is 7.47. The molecule has 85 heavy (non-hydrogen) atoms. The number of phosphoric acid groups is 1. The summed E-state index contributed by atoms with van der Waals surface area (Å²) in [4.78, 5) is 23.4. The van der Waals surface area contributed by atoms with Crippen molar-refractivity contribution in [2.75, 3.05) is 40.9 Å². The number of carbonyl (C=O) groups is 1. The summed E-state index contributed by atoms with van der Waals surface area (Å²) < 4.78 is 23.8. The van der Waals surface area contributed by atoms with Crippen LogP contribution in [0.4, 0.5) is 0 Å². The second kappa shape index (κ2) is 65.9. The Morgan fingerprint density at radius 2 is 0.706 bits per heavy atom. The minimum absolute atomic E-state index is 0.0564. The minimum atomic E-state index is -4.36. The van der Waals surface area contributed by atoms with Gasteiger partial charge in [-0.25, -0.2) is 4.57 Å². The summed E-state index contributed by atoms with van der Waals surface area (Å²) in [7, 11) is 1.57. The van der Waals surface area contributed by atoms with Crippen LogP contribution in [0.25, 0.3) is 0 Å². The van der Waals surface area contributed by atoms with Crippen LogP contribution in [0.3, 0.4) is 0 Å². The molecule has 8 nitrogen and oxygen atoms in total. The van der Waals surface area contributed by atoms with Crippen molar-refractivity contribution in [1.82, 2.24) is 5.32 Å².